The maximum atomic E-state index is 4.61. The monoisotopic (exact) mass is 289 g/mol. The van der Waals surface area contributed by atoms with E-state index in [9.17, 15) is 0 Å². The summed E-state index contributed by atoms with van der Waals surface area (Å²) < 4.78 is 0.353. The molecule has 1 aromatic heterocycles. The maximum absolute atomic E-state index is 4.61. The van der Waals surface area contributed by atoms with Gasteiger partial charge in [-0.05, 0) is 18.6 Å². The second kappa shape index (κ2) is 7.07. The Morgan fingerprint density at radius 3 is 2.65 bits per heavy atom. The van der Waals surface area contributed by atoms with Gasteiger partial charge in [-0.2, -0.15) is 24.4 Å². The zero-order valence-electron chi connectivity index (χ0n) is 11.1. The minimum atomic E-state index is 0.181. The van der Waals surface area contributed by atoms with Crippen LogP contribution in [0.15, 0.2) is 12.1 Å². The fraction of sp³-hybridized carbons (Fsp3) is 0.692. The van der Waals surface area contributed by atoms with Crippen molar-refractivity contribution in [3.63, 3.8) is 0 Å². The molecule has 98 valence electrons. The number of aryl methyl sites for hydroxylation is 1. The SMILES string of the molecule is CCc1ccc(C(S)NCCSC(C)(C)C)s1. The van der Waals surface area contributed by atoms with Gasteiger partial charge in [-0.15, -0.1) is 11.3 Å². The van der Waals surface area contributed by atoms with E-state index in [0.717, 1.165) is 18.7 Å². The molecule has 0 amide bonds. The van der Waals surface area contributed by atoms with Crippen molar-refractivity contribution in [2.45, 2.75) is 44.2 Å². The fourth-order valence-corrected chi connectivity index (χ4v) is 3.50. The molecule has 1 heterocycles. The first kappa shape index (κ1) is 15.4. The average Bonchev–Trinajstić information content (AvgIpc) is 2.71. The molecule has 0 saturated carbocycles. The number of hydrogen-bond acceptors (Lipinski definition) is 4. The van der Waals surface area contributed by atoms with Gasteiger partial charge in [0.1, 0.15) is 0 Å². The Bertz CT molecular complexity index is 328. The van der Waals surface area contributed by atoms with E-state index in [1.54, 1.807) is 0 Å². The van der Waals surface area contributed by atoms with Crippen molar-refractivity contribution in [2.24, 2.45) is 0 Å². The zero-order valence-corrected chi connectivity index (χ0v) is 13.6. The number of thioether (sulfide) groups is 1. The number of rotatable bonds is 6. The number of hydrogen-bond donors (Lipinski definition) is 2. The standard InChI is InChI=1S/C13H23NS3/c1-5-10-6-7-11(17-10)12(15)14-8-9-16-13(2,3)4/h6-7,12,14-15H,5,8-9H2,1-4H3. The van der Waals surface area contributed by atoms with Gasteiger partial charge in [0.25, 0.3) is 0 Å². The van der Waals surface area contributed by atoms with Gasteiger partial charge in [-0.25, -0.2) is 0 Å². The van der Waals surface area contributed by atoms with Crippen LogP contribution in [0, 0.1) is 0 Å². The summed E-state index contributed by atoms with van der Waals surface area (Å²) in [5, 5.41) is 3.64. The van der Waals surface area contributed by atoms with Crippen molar-refractivity contribution in [3.05, 3.63) is 21.9 Å². The summed E-state index contributed by atoms with van der Waals surface area (Å²) in [7, 11) is 0. The van der Waals surface area contributed by atoms with Crippen molar-refractivity contribution in [3.8, 4) is 0 Å². The molecule has 4 heteroatoms. The molecule has 0 aromatic carbocycles. The minimum Gasteiger partial charge on any atom is -0.300 e. The average molecular weight is 290 g/mol. The molecule has 0 fully saturated rings. The highest BCUT2D eigenvalue weighted by molar-refractivity contribution is 8.00. The molecule has 1 rings (SSSR count). The molecule has 0 aliphatic carbocycles. The second-order valence-corrected chi connectivity index (χ2v) is 8.61. The molecule has 17 heavy (non-hydrogen) atoms. The van der Waals surface area contributed by atoms with E-state index in [1.807, 2.05) is 23.1 Å². The van der Waals surface area contributed by atoms with Crippen LogP contribution in [0.1, 0.15) is 42.8 Å². The van der Waals surface area contributed by atoms with Crippen LogP contribution in [0.5, 0.6) is 0 Å². The van der Waals surface area contributed by atoms with Crippen molar-refractivity contribution in [1.82, 2.24) is 5.32 Å². The first-order valence-electron chi connectivity index (χ1n) is 6.06. The first-order valence-corrected chi connectivity index (χ1v) is 8.38. The van der Waals surface area contributed by atoms with E-state index in [1.165, 1.54) is 9.75 Å². The Hall–Kier alpha value is 0.360. The summed E-state index contributed by atoms with van der Waals surface area (Å²) in [6.45, 7) is 9.96. The zero-order chi connectivity index (χ0) is 12.9. The van der Waals surface area contributed by atoms with Gasteiger partial charge in [-0.3, -0.25) is 0 Å². The summed E-state index contributed by atoms with van der Waals surface area (Å²) in [6, 6.07) is 4.39. The molecule has 0 aliphatic rings. The van der Waals surface area contributed by atoms with Gasteiger partial charge in [0, 0.05) is 26.8 Å². The Morgan fingerprint density at radius 1 is 1.41 bits per heavy atom. The van der Waals surface area contributed by atoms with Crippen LogP contribution in [0.25, 0.3) is 0 Å². The quantitative estimate of drug-likeness (QED) is 0.458. The summed E-state index contributed by atoms with van der Waals surface area (Å²) in [5.41, 5.74) is 0. The maximum Gasteiger partial charge on any atom is 0.0853 e. The van der Waals surface area contributed by atoms with E-state index >= 15 is 0 Å². The molecule has 0 aliphatic heterocycles. The Labute approximate surface area is 119 Å². The molecule has 0 bridgehead atoms. The highest BCUT2D eigenvalue weighted by atomic mass is 32.2. The van der Waals surface area contributed by atoms with E-state index in [4.69, 9.17) is 0 Å². The molecule has 0 saturated heterocycles. The summed E-state index contributed by atoms with van der Waals surface area (Å²) in [4.78, 5) is 2.76. The Kier molecular flexibility index (Phi) is 6.41. The summed E-state index contributed by atoms with van der Waals surface area (Å²) in [6.07, 6.45) is 1.12. The van der Waals surface area contributed by atoms with Crippen molar-refractivity contribution >= 4 is 35.7 Å². The van der Waals surface area contributed by atoms with Crippen molar-refractivity contribution in [1.29, 1.82) is 0 Å². The lowest BCUT2D eigenvalue weighted by molar-refractivity contribution is 0.722. The lowest BCUT2D eigenvalue weighted by Crippen LogP contribution is -2.21. The predicted molar refractivity (Wildman–Crippen MR) is 85.6 cm³/mol. The van der Waals surface area contributed by atoms with Gasteiger partial charge in [0.15, 0.2) is 0 Å². The van der Waals surface area contributed by atoms with Gasteiger partial charge in [0.05, 0.1) is 5.37 Å². The van der Waals surface area contributed by atoms with Crippen LogP contribution in [-0.2, 0) is 6.42 Å². The largest absolute Gasteiger partial charge is 0.300 e. The number of thiol groups is 1. The van der Waals surface area contributed by atoms with Crippen LogP contribution in [0.3, 0.4) is 0 Å². The van der Waals surface area contributed by atoms with E-state index < -0.39 is 0 Å². The minimum absolute atomic E-state index is 0.181. The lowest BCUT2D eigenvalue weighted by atomic mass is 10.3. The molecule has 1 aromatic rings. The molecular weight excluding hydrogens is 266 g/mol. The highest BCUT2D eigenvalue weighted by Crippen LogP contribution is 2.26. The first-order chi connectivity index (χ1) is 7.92. The molecule has 1 atom stereocenters. The van der Waals surface area contributed by atoms with Gasteiger partial charge < -0.3 is 5.32 Å². The lowest BCUT2D eigenvalue weighted by Gasteiger charge is -2.18. The third-order valence-corrected chi connectivity index (χ3v) is 5.48. The van der Waals surface area contributed by atoms with Crippen LogP contribution in [0.4, 0.5) is 0 Å². The molecule has 1 unspecified atom stereocenters. The van der Waals surface area contributed by atoms with Crippen molar-refractivity contribution in [2.75, 3.05) is 12.3 Å². The van der Waals surface area contributed by atoms with Crippen LogP contribution >= 0.6 is 35.7 Å². The molecule has 0 spiro atoms. The van der Waals surface area contributed by atoms with E-state index in [2.05, 4.69) is 57.8 Å². The molecular formula is C13H23NS3. The third-order valence-electron chi connectivity index (χ3n) is 2.28. The Morgan fingerprint density at radius 2 is 2.12 bits per heavy atom. The van der Waals surface area contributed by atoms with E-state index in [-0.39, 0.29) is 5.37 Å². The smallest absolute Gasteiger partial charge is 0.0853 e. The van der Waals surface area contributed by atoms with Gasteiger partial charge in [0.2, 0.25) is 0 Å². The fourth-order valence-electron chi connectivity index (χ4n) is 1.38. The second-order valence-electron chi connectivity index (χ2n) is 4.98. The van der Waals surface area contributed by atoms with Gasteiger partial charge in [-0.1, -0.05) is 27.7 Å². The van der Waals surface area contributed by atoms with Crippen LogP contribution in [0.2, 0.25) is 0 Å². The molecule has 1 N–H and O–H groups in total. The Balaban J connectivity index is 2.27. The van der Waals surface area contributed by atoms with E-state index in [0.29, 0.717) is 4.75 Å². The van der Waals surface area contributed by atoms with Gasteiger partial charge >= 0.3 is 0 Å². The topological polar surface area (TPSA) is 12.0 Å². The van der Waals surface area contributed by atoms with Crippen molar-refractivity contribution < 1.29 is 0 Å². The summed E-state index contributed by atoms with van der Waals surface area (Å²) in [5.74, 6) is 1.13. The number of thiophene rings is 1. The summed E-state index contributed by atoms with van der Waals surface area (Å²) >= 11 is 8.45. The van der Waals surface area contributed by atoms with Crippen LogP contribution < -0.4 is 5.32 Å². The highest BCUT2D eigenvalue weighted by Gasteiger charge is 2.11. The van der Waals surface area contributed by atoms with Crippen LogP contribution in [-0.4, -0.2) is 17.0 Å². The molecule has 1 nitrogen and oxygen atoms in total. The number of nitrogens with one attached hydrogen (secondary N) is 1. The third kappa shape index (κ3) is 6.18. The predicted octanol–water partition coefficient (Wildman–Crippen LogP) is 4.36. The normalized spacial score (nSPS) is 13.9. The molecule has 0 radical (unpaired) electrons.